The van der Waals surface area contributed by atoms with Gasteiger partial charge in [0.05, 0.1) is 11.1 Å². The fraction of sp³-hybridized carbons (Fsp3) is 0.0526. The molecule has 0 unspecified atom stereocenters. The molecule has 8 heteroatoms. The van der Waals surface area contributed by atoms with Gasteiger partial charge in [0.2, 0.25) is 0 Å². The SMILES string of the molecule is O=C(COc1ccc2cc(Br)ccc2c1)N/N=C\c1ccc([N+](=O)[O-])cc1. The quantitative estimate of drug-likeness (QED) is 0.364. The molecule has 3 aromatic rings. The van der Waals surface area contributed by atoms with Crippen LogP contribution in [-0.2, 0) is 4.79 Å². The Morgan fingerprint density at radius 1 is 1.11 bits per heavy atom. The number of hydrazone groups is 1. The third kappa shape index (κ3) is 5.11. The number of carbonyl (C=O) groups excluding carboxylic acids is 1. The number of nitro benzene ring substituents is 1. The lowest BCUT2D eigenvalue weighted by atomic mass is 10.1. The molecule has 0 saturated carbocycles. The van der Waals surface area contributed by atoms with E-state index in [1.165, 1.54) is 30.5 Å². The van der Waals surface area contributed by atoms with Crippen molar-refractivity contribution in [3.05, 3.63) is 80.8 Å². The van der Waals surface area contributed by atoms with Crippen molar-refractivity contribution in [3.8, 4) is 5.75 Å². The molecule has 0 heterocycles. The van der Waals surface area contributed by atoms with Crippen LogP contribution < -0.4 is 10.2 Å². The minimum atomic E-state index is -0.480. The van der Waals surface area contributed by atoms with Gasteiger partial charge in [-0.15, -0.1) is 0 Å². The van der Waals surface area contributed by atoms with Gasteiger partial charge in [-0.25, -0.2) is 5.43 Å². The molecule has 27 heavy (non-hydrogen) atoms. The van der Waals surface area contributed by atoms with Crippen LogP contribution in [0.5, 0.6) is 5.75 Å². The number of benzene rings is 3. The standard InChI is InChI=1S/C19H14BrN3O4/c20-16-5-3-15-10-18(8-4-14(15)9-16)27-12-19(24)22-21-11-13-1-6-17(7-2-13)23(25)26/h1-11H,12H2,(H,22,24)/b21-11-. The van der Waals surface area contributed by atoms with E-state index in [1.807, 2.05) is 30.3 Å². The number of non-ortho nitro benzene ring substituents is 1. The Kier molecular flexibility index (Phi) is 5.77. The Hall–Kier alpha value is -3.26. The summed E-state index contributed by atoms with van der Waals surface area (Å²) in [4.78, 5) is 21.9. The van der Waals surface area contributed by atoms with Crippen molar-refractivity contribution in [2.45, 2.75) is 0 Å². The average Bonchev–Trinajstić information content (AvgIpc) is 2.66. The second-order valence-corrected chi connectivity index (χ2v) is 6.50. The highest BCUT2D eigenvalue weighted by Gasteiger charge is 2.04. The Morgan fingerprint density at radius 2 is 1.81 bits per heavy atom. The van der Waals surface area contributed by atoms with Gasteiger partial charge in [-0.1, -0.05) is 28.1 Å². The lowest BCUT2D eigenvalue weighted by Crippen LogP contribution is -2.24. The van der Waals surface area contributed by atoms with Crippen LogP contribution in [0.4, 0.5) is 5.69 Å². The van der Waals surface area contributed by atoms with Gasteiger partial charge in [0, 0.05) is 16.6 Å². The molecule has 0 radical (unpaired) electrons. The maximum Gasteiger partial charge on any atom is 0.277 e. The Labute approximate surface area is 162 Å². The number of hydrogen-bond acceptors (Lipinski definition) is 5. The zero-order valence-corrected chi connectivity index (χ0v) is 15.5. The molecule has 0 atom stereocenters. The third-order valence-electron chi connectivity index (χ3n) is 3.65. The predicted octanol–water partition coefficient (Wildman–Crippen LogP) is 4.04. The Bertz CT molecular complexity index is 1020. The van der Waals surface area contributed by atoms with Crippen LogP contribution in [0.15, 0.2) is 70.2 Å². The largest absolute Gasteiger partial charge is 0.484 e. The summed E-state index contributed by atoms with van der Waals surface area (Å²) < 4.78 is 6.47. The molecule has 136 valence electrons. The lowest BCUT2D eigenvalue weighted by molar-refractivity contribution is -0.384. The minimum Gasteiger partial charge on any atom is -0.484 e. The second-order valence-electron chi connectivity index (χ2n) is 5.58. The number of carbonyl (C=O) groups is 1. The maximum absolute atomic E-state index is 11.8. The summed E-state index contributed by atoms with van der Waals surface area (Å²) >= 11 is 3.42. The molecule has 0 spiro atoms. The summed E-state index contributed by atoms with van der Waals surface area (Å²) in [7, 11) is 0. The van der Waals surface area contributed by atoms with Crippen molar-refractivity contribution >= 4 is 44.5 Å². The van der Waals surface area contributed by atoms with Crippen molar-refractivity contribution in [1.29, 1.82) is 0 Å². The van der Waals surface area contributed by atoms with Crippen molar-refractivity contribution in [2.24, 2.45) is 5.10 Å². The summed E-state index contributed by atoms with van der Waals surface area (Å²) in [6.45, 7) is -0.181. The van der Waals surface area contributed by atoms with Crippen LogP contribution in [-0.4, -0.2) is 23.7 Å². The molecule has 1 amide bonds. The van der Waals surface area contributed by atoms with Gasteiger partial charge in [0.15, 0.2) is 6.61 Å². The van der Waals surface area contributed by atoms with E-state index in [-0.39, 0.29) is 12.3 Å². The number of amides is 1. The minimum absolute atomic E-state index is 0.00710. The third-order valence-corrected chi connectivity index (χ3v) is 4.14. The van der Waals surface area contributed by atoms with Gasteiger partial charge in [-0.05, 0) is 52.7 Å². The number of nitro groups is 1. The van der Waals surface area contributed by atoms with Crippen LogP contribution in [0.3, 0.4) is 0 Å². The first kappa shape index (κ1) is 18.5. The molecule has 7 nitrogen and oxygen atoms in total. The zero-order valence-electron chi connectivity index (χ0n) is 14.0. The molecular formula is C19H14BrN3O4. The summed E-state index contributed by atoms with van der Waals surface area (Å²) in [6.07, 6.45) is 1.40. The molecule has 0 aliphatic rings. The molecule has 0 aromatic heterocycles. The maximum atomic E-state index is 11.8. The first-order valence-corrected chi connectivity index (χ1v) is 8.69. The number of hydrogen-bond donors (Lipinski definition) is 1. The topological polar surface area (TPSA) is 93.8 Å². The fourth-order valence-electron chi connectivity index (χ4n) is 2.33. The first-order chi connectivity index (χ1) is 13.0. The normalized spacial score (nSPS) is 10.9. The highest BCUT2D eigenvalue weighted by molar-refractivity contribution is 9.10. The fourth-order valence-corrected chi connectivity index (χ4v) is 2.71. The van der Waals surface area contributed by atoms with Crippen LogP contribution in [0.2, 0.25) is 0 Å². The second kappa shape index (κ2) is 8.41. The van der Waals surface area contributed by atoms with E-state index in [1.54, 1.807) is 6.07 Å². The molecular weight excluding hydrogens is 414 g/mol. The summed E-state index contributed by atoms with van der Waals surface area (Å²) in [5.41, 5.74) is 2.97. The van der Waals surface area contributed by atoms with E-state index in [2.05, 4.69) is 26.5 Å². The molecule has 0 fully saturated rings. The van der Waals surface area contributed by atoms with Crippen molar-refractivity contribution in [3.63, 3.8) is 0 Å². The molecule has 0 aliphatic carbocycles. The number of ether oxygens (including phenoxy) is 1. The number of nitrogens with zero attached hydrogens (tertiary/aromatic N) is 2. The van der Waals surface area contributed by atoms with Crippen molar-refractivity contribution in [2.75, 3.05) is 6.61 Å². The Balaban J connectivity index is 1.52. The molecule has 0 aliphatic heterocycles. The van der Waals surface area contributed by atoms with E-state index in [0.29, 0.717) is 11.3 Å². The highest BCUT2D eigenvalue weighted by atomic mass is 79.9. The number of fused-ring (bicyclic) bond motifs is 1. The molecule has 1 N–H and O–H groups in total. The molecule has 3 aromatic carbocycles. The van der Waals surface area contributed by atoms with Gasteiger partial charge >= 0.3 is 0 Å². The number of rotatable bonds is 6. The lowest BCUT2D eigenvalue weighted by Gasteiger charge is -2.06. The van der Waals surface area contributed by atoms with Crippen LogP contribution in [0.1, 0.15) is 5.56 Å². The highest BCUT2D eigenvalue weighted by Crippen LogP contribution is 2.24. The number of nitrogens with one attached hydrogen (secondary N) is 1. The number of halogens is 1. The molecule has 0 saturated heterocycles. The van der Waals surface area contributed by atoms with Gasteiger partial charge in [-0.2, -0.15) is 5.10 Å². The van der Waals surface area contributed by atoms with E-state index in [4.69, 9.17) is 4.74 Å². The van der Waals surface area contributed by atoms with Crippen LogP contribution in [0.25, 0.3) is 10.8 Å². The Morgan fingerprint density at radius 3 is 2.56 bits per heavy atom. The summed E-state index contributed by atoms with van der Waals surface area (Å²) in [5.74, 6) is 0.170. The predicted molar refractivity (Wildman–Crippen MR) is 106 cm³/mol. The van der Waals surface area contributed by atoms with Crippen LogP contribution in [0, 0.1) is 10.1 Å². The monoisotopic (exact) mass is 427 g/mol. The van der Waals surface area contributed by atoms with Gasteiger partial charge in [0.1, 0.15) is 5.75 Å². The molecule has 0 bridgehead atoms. The van der Waals surface area contributed by atoms with E-state index in [9.17, 15) is 14.9 Å². The van der Waals surface area contributed by atoms with Gasteiger partial charge < -0.3 is 4.74 Å². The first-order valence-electron chi connectivity index (χ1n) is 7.90. The van der Waals surface area contributed by atoms with E-state index < -0.39 is 10.8 Å². The average molecular weight is 428 g/mol. The van der Waals surface area contributed by atoms with Crippen LogP contribution >= 0.6 is 15.9 Å². The van der Waals surface area contributed by atoms with Crippen molar-refractivity contribution in [1.82, 2.24) is 5.43 Å². The van der Waals surface area contributed by atoms with Gasteiger partial charge in [0.25, 0.3) is 11.6 Å². The van der Waals surface area contributed by atoms with Crippen molar-refractivity contribution < 1.29 is 14.5 Å². The van der Waals surface area contributed by atoms with E-state index >= 15 is 0 Å². The summed E-state index contributed by atoms with van der Waals surface area (Å²) in [6, 6.07) is 17.3. The summed E-state index contributed by atoms with van der Waals surface area (Å²) in [5, 5.41) is 16.5. The zero-order chi connectivity index (χ0) is 19.2. The smallest absolute Gasteiger partial charge is 0.277 e. The van der Waals surface area contributed by atoms with E-state index in [0.717, 1.165) is 15.2 Å². The molecule has 3 rings (SSSR count). The van der Waals surface area contributed by atoms with Gasteiger partial charge in [-0.3, -0.25) is 14.9 Å².